The summed E-state index contributed by atoms with van der Waals surface area (Å²) in [5, 5.41) is 0. The summed E-state index contributed by atoms with van der Waals surface area (Å²) in [7, 11) is 0. The van der Waals surface area contributed by atoms with Crippen LogP contribution in [0.1, 0.15) is 95.5 Å². The summed E-state index contributed by atoms with van der Waals surface area (Å²) >= 11 is 0. The predicted octanol–water partition coefficient (Wildman–Crippen LogP) is 9.29. The van der Waals surface area contributed by atoms with E-state index in [1.807, 2.05) is 6.07 Å². The molecule has 0 spiro atoms. The number of hydrogen-bond donors (Lipinski definition) is 0. The number of hydrogen-bond acceptors (Lipinski definition) is 0. The number of rotatable bonds is 8. The summed E-state index contributed by atoms with van der Waals surface area (Å²) in [5.74, 6) is 2.58. The van der Waals surface area contributed by atoms with Crippen molar-refractivity contribution < 1.29 is 8.78 Å². The highest BCUT2D eigenvalue weighted by molar-refractivity contribution is 5.64. The molecular weight excluding hydrogens is 386 g/mol. The molecule has 0 aliphatic heterocycles. The summed E-state index contributed by atoms with van der Waals surface area (Å²) in [6, 6.07) is 11.9. The van der Waals surface area contributed by atoms with Gasteiger partial charge in [0.2, 0.25) is 0 Å². The van der Waals surface area contributed by atoms with Gasteiger partial charge in [0.05, 0.1) is 0 Å². The smallest absolute Gasteiger partial charge is 0.131 e. The first kappa shape index (κ1) is 22.5. The van der Waals surface area contributed by atoms with Crippen LogP contribution in [-0.4, -0.2) is 0 Å². The first-order chi connectivity index (χ1) is 15.1. The predicted molar refractivity (Wildman–Crippen MR) is 126 cm³/mol. The van der Waals surface area contributed by atoms with Crippen molar-refractivity contribution in [3.63, 3.8) is 0 Å². The van der Waals surface area contributed by atoms with Gasteiger partial charge in [0.15, 0.2) is 0 Å². The Labute approximate surface area is 187 Å². The lowest BCUT2D eigenvalue weighted by atomic mass is 9.63. The molecular formula is C29H38F2. The van der Waals surface area contributed by atoms with Gasteiger partial charge in [-0.25, -0.2) is 8.78 Å². The van der Waals surface area contributed by atoms with Gasteiger partial charge in [0.1, 0.15) is 11.6 Å². The quantitative estimate of drug-likeness (QED) is 0.370. The molecule has 4 rings (SSSR count). The molecule has 0 nitrogen and oxygen atoms in total. The van der Waals surface area contributed by atoms with E-state index in [1.54, 1.807) is 18.2 Å². The summed E-state index contributed by atoms with van der Waals surface area (Å²) in [6.07, 6.45) is 16.3. The van der Waals surface area contributed by atoms with E-state index in [1.165, 1.54) is 89.2 Å². The van der Waals surface area contributed by atoms with Gasteiger partial charge in [0.25, 0.3) is 0 Å². The molecule has 2 aromatic carbocycles. The maximum Gasteiger partial charge on any atom is 0.131 e. The van der Waals surface area contributed by atoms with Crippen LogP contribution in [-0.2, 0) is 0 Å². The van der Waals surface area contributed by atoms with Crippen LogP contribution in [0.2, 0.25) is 0 Å². The van der Waals surface area contributed by atoms with Crippen LogP contribution in [0, 0.1) is 29.4 Å². The third-order valence-corrected chi connectivity index (χ3v) is 8.04. The lowest BCUT2D eigenvalue weighted by Gasteiger charge is -2.42. The average molecular weight is 425 g/mol. The average Bonchev–Trinajstić information content (AvgIpc) is 2.78. The zero-order valence-corrected chi connectivity index (χ0v) is 19.1. The van der Waals surface area contributed by atoms with Gasteiger partial charge in [-0.1, -0.05) is 76.1 Å². The summed E-state index contributed by atoms with van der Waals surface area (Å²) in [5.41, 5.74) is 2.24. The summed E-state index contributed by atoms with van der Waals surface area (Å²) in [6.45, 7) is 2.28. The standard InChI is InChI=1S/C29H38F2/c1-2-3-4-5-6-8-21-11-12-23-18-24(14-13-22(23)17-21)25-15-16-28(29(31)20-25)26-9-7-10-27(30)19-26/h7,9-10,15-16,19-24H,2-6,8,11-14,17-18H2,1H3/t21?,22-,23-,24-/m1/s1. The monoisotopic (exact) mass is 424 g/mol. The number of halogens is 2. The molecule has 0 N–H and O–H groups in total. The summed E-state index contributed by atoms with van der Waals surface area (Å²) < 4.78 is 28.4. The number of benzene rings is 2. The Balaban J connectivity index is 1.32. The van der Waals surface area contributed by atoms with E-state index in [4.69, 9.17) is 0 Å². The van der Waals surface area contributed by atoms with Crippen molar-refractivity contribution in [2.75, 3.05) is 0 Å². The summed E-state index contributed by atoms with van der Waals surface area (Å²) in [4.78, 5) is 0. The second-order valence-electron chi connectivity index (χ2n) is 10.2. The van der Waals surface area contributed by atoms with Crippen LogP contribution >= 0.6 is 0 Å². The van der Waals surface area contributed by atoms with Crippen molar-refractivity contribution in [3.8, 4) is 11.1 Å². The van der Waals surface area contributed by atoms with Crippen LogP contribution in [0.3, 0.4) is 0 Å². The molecule has 4 atom stereocenters. The Morgan fingerprint density at radius 1 is 0.806 bits per heavy atom. The van der Waals surface area contributed by atoms with Crippen LogP contribution in [0.5, 0.6) is 0 Å². The topological polar surface area (TPSA) is 0 Å². The molecule has 2 saturated carbocycles. The lowest BCUT2D eigenvalue weighted by molar-refractivity contribution is 0.113. The van der Waals surface area contributed by atoms with E-state index >= 15 is 0 Å². The molecule has 0 radical (unpaired) electrons. The van der Waals surface area contributed by atoms with Gasteiger partial charge in [-0.2, -0.15) is 0 Å². The molecule has 2 aliphatic rings. The Morgan fingerprint density at radius 3 is 2.42 bits per heavy atom. The molecule has 31 heavy (non-hydrogen) atoms. The fourth-order valence-electron chi connectivity index (χ4n) is 6.26. The zero-order valence-electron chi connectivity index (χ0n) is 19.1. The molecule has 2 heteroatoms. The number of unbranched alkanes of at least 4 members (excludes halogenated alkanes) is 4. The molecule has 0 heterocycles. The van der Waals surface area contributed by atoms with Crippen LogP contribution in [0.15, 0.2) is 42.5 Å². The lowest BCUT2D eigenvalue weighted by Crippen LogP contribution is -2.30. The minimum atomic E-state index is -0.323. The third kappa shape index (κ3) is 5.76. The van der Waals surface area contributed by atoms with Gasteiger partial charge in [-0.3, -0.25) is 0 Å². The Bertz CT molecular complexity index is 842. The molecule has 168 valence electrons. The fraction of sp³-hybridized carbons (Fsp3) is 0.586. The van der Waals surface area contributed by atoms with Crippen molar-refractivity contribution in [1.82, 2.24) is 0 Å². The van der Waals surface area contributed by atoms with Crippen molar-refractivity contribution in [3.05, 3.63) is 59.7 Å². The van der Waals surface area contributed by atoms with Gasteiger partial charge in [0, 0.05) is 5.56 Å². The first-order valence-corrected chi connectivity index (χ1v) is 12.7. The van der Waals surface area contributed by atoms with E-state index in [9.17, 15) is 8.78 Å². The Morgan fingerprint density at radius 2 is 1.61 bits per heavy atom. The van der Waals surface area contributed by atoms with Crippen molar-refractivity contribution in [1.29, 1.82) is 0 Å². The number of fused-ring (bicyclic) bond motifs is 1. The SMILES string of the molecule is CCCCCCCC1CC[C@@H]2C[C@H](c3ccc(-c4cccc(F)c4)c(F)c3)CC[C@@H]2C1. The molecule has 2 aromatic rings. The van der Waals surface area contributed by atoms with Gasteiger partial charge in [-0.05, 0) is 85.1 Å². The first-order valence-electron chi connectivity index (χ1n) is 12.7. The van der Waals surface area contributed by atoms with Crippen molar-refractivity contribution in [2.24, 2.45) is 17.8 Å². The highest BCUT2D eigenvalue weighted by Crippen LogP contribution is 2.48. The van der Waals surface area contributed by atoms with E-state index in [-0.39, 0.29) is 11.6 Å². The minimum absolute atomic E-state index is 0.225. The molecule has 0 amide bonds. The molecule has 2 fully saturated rings. The second kappa shape index (κ2) is 10.7. The Kier molecular flexibility index (Phi) is 7.80. The highest BCUT2D eigenvalue weighted by Gasteiger charge is 2.35. The van der Waals surface area contributed by atoms with Crippen molar-refractivity contribution in [2.45, 2.75) is 89.9 Å². The molecule has 1 unspecified atom stereocenters. The molecule has 0 saturated heterocycles. The van der Waals surface area contributed by atoms with Crippen LogP contribution in [0.4, 0.5) is 8.78 Å². The van der Waals surface area contributed by atoms with Crippen LogP contribution in [0.25, 0.3) is 11.1 Å². The minimum Gasteiger partial charge on any atom is -0.207 e. The maximum absolute atomic E-state index is 14.9. The normalized spacial score (nSPS) is 25.9. The third-order valence-electron chi connectivity index (χ3n) is 8.04. The second-order valence-corrected chi connectivity index (χ2v) is 10.2. The van der Waals surface area contributed by atoms with Crippen LogP contribution < -0.4 is 0 Å². The maximum atomic E-state index is 14.9. The molecule has 2 aliphatic carbocycles. The van der Waals surface area contributed by atoms with E-state index in [0.717, 1.165) is 23.3 Å². The van der Waals surface area contributed by atoms with E-state index < -0.39 is 0 Å². The molecule has 0 bridgehead atoms. The Hall–Kier alpha value is -1.70. The van der Waals surface area contributed by atoms with Gasteiger partial charge < -0.3 is 0 Å². The largest absolute Gasteiger partial charge is 0.207 e. The van der Waals surface area contributed by atoms with Gasteiger partial charge in [-0.15, -0.1) is 0 Å². The van der Waals surface area contributed by atoms with Crippen molar-refractivity contribution >= 4 is 0 Å². The zero-order chi connectivity index (χ0) is 21.6. The highest BCUT2D eigenvalue weighted by atomic mass is 19.1. The molecule has 0 aromatic heterocycles. The van der Waals surface area contributed by atoms with Gasteiger partial charge >= 0.3 is 0 Å². The van der Waals surface area contributed by atoms with E-state index in [0.29, 0.717) is 17.0 Å². The fourth-order valence-corrected chi connectivity index (χ4v) is 6.26. The van der Waals surface area contributed by atoms with E-state index in [2.05, 4.69) is 13.0 Å².